The minimum Gasteiger partial charge on any atom is -0.390 e. The van der Waals surface area contributed by atoms with E-state index in [0.717, 1.165) is 18.4 Å². The van der Waals surface area contributed by atoms with Crippen molar-refractivity contribution in [3.8, 4) is 11.1 Å². The minimum absolute atomic E-state index is 0.464. The Balaban J connectivity index is 1.66. The molecule has 1 aliphatic carbocycles. The van der Waals surface area contributed by atoms with E-state index in [0.29, 0.717) is 6.61 Å². The maximum Gasteiger partial charge on any atom is 0.142 e. The molecule has 0 unspecified atom stereocenters. The smallest absolute Gasteiger partial charge is 0.142 e. The van der Waals surface area contributed by atoms with Gasteiger partial charge in [0.1, 0.15) is 12.8 Å². The van der Waals surface area contributed by atoms with Gasteiger partial charge in [0.05, 0.1) is 0 Å². The summed E-state index contributed by atoms with van der Waals surface area (Å²) in [6.07, 6.45) is 9.92. The molecule has 111 valence electrons. The molecule has 3 rings (SSSR count). The number of rotatable bonds is 5. The first-order valence-corrected chi connectivity index (χ1v) is 7.84. The Bertz CT molecular complexity index is 658. The molecule has 0 amide bonds. The lowest BCUT2D eigenvalue weighted by Gasteiger charge is -2.09. The van der Waals surface area contributed by atoms with Crippen molar-refractivity contribution in [3.05, 3.63) is 71.8 Å². The van der Waals surface area contributed by atoms with Crippen LogP contribution in [0.25, 0.3) is 11.1 Å². The van der Waals surface area contributed by atoms with Crippen LogP contribution in [0.4, 0.5) is 0 Å². The van der Waals surface area contributed by atoms with Gasteiger partial charge in [-0.25, -0.2) is 0 Å². The molecular weight excluding hydrogens is 270 g/mol. The monoisotopic (exact) mass is 290 g/mol. The summed E-state index contributed by atoms with van der Waals surface area (Å²) in [6.45, 7) is 0.464. The number of hydrogen-bond acceptors (Lipinski definition) is 2. The van der Waals surface area contributed by atoms with Gasteiger partial charge in [-0.15, -0.1) is 0 Å². The van der Waals surface area contributed by atoms with Crippen molar-refractivity contribution in [1.82, 2.24) is 0 Å². The van der Waals surface area contributed by atoms with E-state index in [2.05, 4.69) is 53.8 Å². The second-order valence-electron chi connectivity index (χ2n) is 5.47. The van der Waals surface area contributed by atoms with Crippen LogP contribution in [0.5, 0.6) is 0 Å². The van der Waals surface area contributed by atoms with Gasteiger partial charge in [-0.3, -0.25) is 0 Å². The molecule has 0 spiro atoms. The maximum atomic E-state index is 5.46. The van der Waals surface area contributed by atoms with Crippen LogP contribution in [-0.2, 0) is 11.4 Å². The highest BCUT2D eigenvalue weighted by molar-refractivity contribution is 5.78. The highest BCUT2D eigenvalue weighted by atomic mass is 16.6. The van der Waals surface area contributed by atoms with Crippen LogP contribution in [0.15, 0.2) is 71.4 Å². The van der Waals surface area contributed by atoms with E-state index < -0.39 is 0 Å². The highest BCUT2D eigenvalue weighted by Gasteiger charge is 2.05. The normalized spacial score (nSPS) is 14.8. The molecule has 0 saturated heterocycles. The van der Waals surface area contributed by atoms with Gasteiger partial charge >= 0.3 is 0 Å². The van der Waals surface area contributed by atoms with Crippen LogP contribution in [0.3, 0.4) is 0 Å². The third-order valence-corrected chi connectivity index (χ3v) is 3.87. The zero-order chi connectivity index (χ0) is 15.0. The highest BCUT2D eigenvalue weighted by Crippen LogP contribution is 2.24. The maximum absolute atomic E-state index is 5.46. The van der Waals surface area contributed by atoms with Crippen molar-refractivity contribution in [3.63, 3.8) is 0 Å². The summed E-state index contributed by atoms with van der Waals surface area (Å²) in [5.41, 5.74) is 4.69. The molecule has 1 aliphatic rings. The van der Waals surface area contributed by atoms with E-state index in [4.69, 9.17) is 4.84 Å². The molecule has 2 heteroatoms. The summed E-state index contributed by atoms with van der Waals surface area (Å²) >= 11 is 0. The quantitative estimate of drug-likeness (QED) is 0.545. The summed E-state index contributed by atoms with van der Waals surface area (Å²) in [7, 11) is 0. The number of nitrogens with zero attached hydrogens (tertiary/aromatic N) is 1. The molecule has 2 aromatic rings. The second-order valence-corrected chi connectivity index (χ2v) is 5.47. The van der Waals surface area contributed by atoms with E-state index >= 15 is 0 Å². The molecule has 0 heterocycles. The third-order valence-electron chi connectivity index (χ3n) is 3.87. The van der Waals surface area contributed by atoms with Crippen molar-refractivity contribution in [2.24, 2.45) is 5.16 Å². The molecular formula is C20H20NO. The molecule has 0 bridgehead atoms. The average Bonchev–Trinajstić information content (AvgIpc) is 2.61. The average molecular weight is 290 g/mol. The van der Waals surface area contributed by atoms with Crippen LogP contribution < -0.4 is 0 Å². The molecule has 0 saturated carbocycles. The molecule has 0 fully saturated rings. The van der Waals surface area contributed by atoms with E-state index in [1.165, 1.54) is 29.5 Å². The van der Waals surface area contributed by atoms with E-state index in [1.807, 2.05) is 18.2 Å². The Morgan fingerprint density at radius 2 is 1.77 bits per heavy atom. The van der Waals surface area contributed by atoms with E-state index in [-0.39, 0.29) is 0 Å². The van der Waals surface area contributed by atoms with Crippen molar-refractivity contribution >= 4 is 6.21 Å². The van der Waals surface area contributed by atoms with Crippen LogP contribution in [0.2, 0.25) is 0 Å². The number of hydrogen-bond donors (Lipinski definition) is 0. The lowest BCUT2D eigenvalue weighted by molar-refractivity contribution is 0.132. The zero-order valence-corrected chi connectivity index (χ0v) is 12.7. The molecule has 0 atom stereocenters. The van der Waals surface area contributed by atoms with Gasteiger partial charge in [0, 0.05) is 0 Å². The Kier molecular flexibility index (Phi) is 5.04. The zero-order valence-electron chi connectivity index (χ0n) is 12.7. The first-order chi connectivity index (χ1) is 10.9. The summed E-state index contributed by atoms with van der Waals surface area (Å²) in [5.74, 6) is 0. The Morgan fingerprint density at radius 1 is 0.955 bits per heavy atom. The summed E-state index contributed by atoms with van der Waals surface area (Å²) < 4.78 is 0. The fourth-order valence-electron chi connectivity index (χ4n) is 2.68. The molecule has 2 nitrogen and oxygen atoms in total. The Hall–Kier alpha value is -2.35. The Labute approximate surface area is 132 Å². The van der Waals surface area contributed by atoms with Crippen molar-refractivity contribution in [2.75, 3.05) is 0 Å². The van der Waals surface area contributed by atoms with Gasteiger partial charge in [0.25, 0.3) is 0 Å². The van der Waals surface area contributed by atoms with E-state index in [9.17, 15) is 0 Å². The predicted octanol–water partition coefficient (Wildman–Crippen LogP) is 5.23. The van der Waals surface area contributed by atoms with Crippen molar-refractivity contribution in [1.29, 1.82) is 0 Å². The fourth-order valence-corrected chi connectivity index (χ4v) is 2.68. The molecule has 2 aromatic carbocycles. The second kappa shape index (κ2) is 7.60. The molecule has 0 aliphatic heterocycles. The first kappa shape index (κ1) is 14.6. The standard InChI is InChI=1S/C20H20NO/c1-3-9-17(10-4-1)15-21-22-16-19-13-7-8-14-20(19)18-11-5-2-6-12-18/h2,5-9,11-14H,1,3-4,10,16H2. The van der Waals surface area contributed by atoms with Crippen LogP contribution in [0.1, 0.15) is 31.2 Å². The molecule has 1 radical (unpaired) electrons. The van der Waals surface area contributed by atoms with Gasteiger partial charge in [0.15, 0.2) is 0 Å². The summed E-state index contributed by atoms with van der Waals surface area (Å²) in [6, 6.07) is 18.6. The third kappa shape index (κ3) is 3.85. The van der Waals surface area contributed by atoms with Gasteiger partial charge in [0.2, 0.25) is 0 Å². The largest absolute Gasteiger partial charge is 0.390 e. The minimum atomic E-state index is 0.464. The number of allylic oxidation sites excluding steroid dienone is 2. The van der Waals surface area contributed by atoms with Crippen LogP contribution in [-0.4, -0.2) is 6.21 Å². The summed E-state index contributed by atoms with van der Waals surface area (Å²) in [5, 5.41) is 4.01. The predicted molar refractivity (Wildman–Crippen MR) is 90.7 cm³/mol. The van der Waals surface area contributed by atoms with E-state index in [1.54, 1.807) is 0 Å². The summed E-state index contributed by atoms with van der Waals surface area (Å²) in [4.78, 5) is 5.46. The van der Waals surface area contributed by atoms with Crippen LogP contribution >= 0.6 is 0 Å². The SMILES string of the molecule is [C](=N\OCc1ccccc1-c1ccccc1)/C1=CCCCC1. The van der Waals surface area contributed by atoms with Gasteiger partial charge in [-0.2, -0.15) is 0 Å². The molecule has 22 heavy (non-hydrogen) atoms. The van der Waals surface area contributed by atoms with Gasteiger partial charge < -0.3 is 4.84 Å². The van der Waals surface area contributed by atoms with Crippen molar-refractivity contribution < 1.29 is 4.84 Å². The van der Waals surface area contributed by atoms with Gasteiger partial charge in [-0.1, -0.05) is 65.8 Å². The Morgan fingerprint density at radius 3 is 2.59 bits per heavy atom. The van der Waals surface area contributed by atoms with Crippen molar-refractivity contribution in [2.45, 2.75) is 32.3 Å². The fraction of sp³-hybridized carbons (Fsp3) is 0.250. The van der Waals surface area contributed by atoms with Crippen LogP contribution in [0, 0.1) is 0 Å². The molecule has 0 N–H and O–H groups in total. The molecule has 0 aromatic heterocycles. The lowest BCUT2D eigenvalue weighted by atomic mass is 10.0. The first-order valence-electron chi connectivity index (χ1n) is 7.84. The van der Waals surface area contributed by atoms with Gasteiger partial charge in [-0.05, 0) is 47.9 Å². The number of benzene rings is 2. The topological polar surface area (TPSA) is 21.6 Å². The lowest BCUT2D eigenvalue weighted by Crippen LogP contribution is -1.95.